The molecule has 18 heavy (non-hydrogen) atoms. The summed E-state index contributed by atoms with van der Waals surface area (Å²) in [6, 6.07) is 0. The Labute approximate surface area is 112 Å². The van der Waals surface area contributed by atoms with E-state index < -0.39 is 0 Å². The largest absolute Gasteiger partial charge is 0.394 e. The van der Waals surface area contributed by atoms with Crippen molar-refractivity contribution in [1.29, 1.82) is 0 Å². The van der Waals surface area contributed by atoms with Crippen LogP contribution in [0.2, 0.25) is 5.28 Å². The highest BCUT2D eigenvalue weighted by molar-refractivity contribution is 6.28. The molecule has 1 heterocycles. The summed E-state index contributed by atoms with van der Waals surface area (Å²) in [5.41, 5.74) is 5.93. The molecule has 1 saturated carbocycles. The van der Waals surface area contributed by atoms with Crippen LogP contribution in [0.3, 0.4) is 0 Å². The fourth-order valence-electron chi connectivity index (χ4n) is 2.36. The van der Waals surface area contributed by atoms with Gasteiger partial charge in [0.2, 0.25) is 5.28 Å². The Morgan fingerprint density at radius 2 is 2.22 bits per heavy atom. The van der Waals surface area contributed by atoms with Crippen molar-refractivity contribution in [3.05, 3.63) is 11.5 Å². The number of rotatable bonds is 3. The lowest BCUT2D eigenvalue weighted by Gasteiger charge is -2.39. The van der Waals surface area contributed by atoms with Crippen molar-refractivity contribution in [1.82, 2.24) is 9.97 Å². The summed E-state index contributed by atoms with van der Waals surface area (Å²) in [5.74, 6) is 1.22. The normalized spacial score (nSPS) is 28.1. The van der Waals surface area contributed by atoms with Crippen LogP contribution in [-0.2, 0) is 0 Å². The number of hydrogen-bond acceptors (Lipinski definition) is 5. The van der Waals surface area contributed by atoms with Gasteiger partial charge >= 0.3 is 0 Å². The van der Waals surface area contributed by atoms with Crippen molar-refractivity contribution < 1.29 is 5.11 Å². The number of aliphatic hydroxyl groups excluding tert-OH is 1. The molecule has 100 valence electrons. The first kappa shape index (κ1) is 13.4. The first-order valence-electron chi connectivity index (χ1n) is 6.22. The molecule has 1 aromatic rings. The zero-order valence-electron chi connectivity index (χ0n) is 10.5. The minimum Gasteiger partial charge on any atom is -0.394 e. The van der Waals surface area contributed by atoms with Crippen LogP contribution in [0, 0.1) is 5.92 Å². The van der Waals surface area contributed by atoms with Crippen molar-refractivity contribution in [2.75, 3.05) is 17.7 Å². The molecule has 0 radical (unpaired) electrons. The highest BCUT2D eigenvalue weighted by atomic mass is 35.5. The van der Waals surface area contributed by atoms with Gasteiger partial charge in [-0.15, -0.1) is 0 Å². The van der Waals surface area contributed by atoms with Gasteiger partial charge in [0.05, 0.1) is 24.0 Å². The number of aliphatic hydroxyl groups is 1. The van der Waals surface area contributed by atoms with Crippen molar-refractivity contribution >= 4 is 23.1 Å². The molecule has 0 saturated heterocycles. The van der Waals surface area contributed by atoms with E-state index in [0.717, 1.165) is 25.7 Å². The van der Waals surface area contributed by atoms with E-state index in [2.05, 4.69) is 22.2 Å². The van der Waals surface area contributed by atoms with Gasteiger partial charge in [-0.3, -0.25) is 0 Å². The predicted octanol–water partition coefficient (Wildman–Crippen LogP) is 2.07. The number of anilines is 2. The van der Waals surface area contributed by atoms with Gasteiger partial charge < -0.3 is 16.2 Å². The van der Waals surface area contributed by atoms with Crippen LogP contribution in [0.4, 0.5) is 11.5 Å². The van der Waals surface area contributed by atoms with Crippen LogP contribution < -0.4 is 11.1 Å². The predicted molar refractivity (Wildman–Crippen MR) is 72.5 cm³/mol. The van der Waals surface area contributed by atoms with Gasteiger partial charge in [0.15, 0.2) is 5.82 Å². The van der Waals surface area contributed by atoms with E-state index in [-0.39, 0.29) is 17.4 Å². The molecule has 1 aliphatic carbocycles. The van der Waals surface area contributed by atoms with Crippen LogP contribution in [0.5, 0.6) is 0 Å². The molecule has 0 unspecified atom stereocenters. The van der Waals surface area contributed by atoms with E-state index in [0.29, 0.717) is 17.4 Å². The first-order chi connectivity index (χ1) is 8.54. The monoisotopic (exact) mass is 270 g/mol. The summed E-state index contributed by atoms with van der Waals surface area (Å²) in [6.07, 6.45) is 5.48. The van der Waals surface area contributed by atoms with Crippen LogP contribution in [0.25, 0.3) is 0 Å². The second kappa shape index (κ2) is 5.28. The molecule has 2 rings (SSSR count). The van der Waals surface area contributed by atoms with Gasteiger partial charge in [-0.2, -0.15) is 4.98 Å². The summed E-state index contributed by atoms with van der Waals surface area (Å²) >= 11 is 5.77. The standard InChI is InChI=1S/C12H19ClN4O/c1-8-2-4-12(7-18,5-3-8)17-10-9(14)6-15-11(13)16-10/h6,8,18H,2-5,7,14H2,1H3,(H,15,16,17). The van der Waals surface area contributed by atoms with E-state index in [9.17, 15) is 5.11 Å². The molecule has 0 aromatic carbocycles. The van der Waals surface area contributed by atoms with Crippen molar-refractivity contribution in [2.24, 2.45) is 5.92 Å². The molecule has 6 heteroatoms. The second-order valence-electron chi connectivity index (χ2n) is 5.19. The lowest BCUT2D eigenvalue weighted by molar-refractivity contribution is 0.155. The zero-order chi connectivity index (χ0) is 13.2. The molecule has 0 bridgehead atoms. The minimum atomic E-state index is -0.335. The maximum Gasteiger partial charge on any atom is 0.224 e. The van der Waals surface area contributed by atoms with E-state index in [4.69, 9.17) is 17.3 Å². The van der Waals surface area contributed by atoms with E-state index in [1.54, 1.807) is 0 Å². The third kappa shape index (κ3) is 2.84. The molecule has 0 aliphatic heterocycles. The Morgan fingerprint density at radius 3 is 2.83 bits per heavy atom. The van der Waals surface area contributed by atoms with Crippen molar-refractivity contribution in [2.45, 2.75) is 38.1 Å². The average Bonchev–Trinajstić information content (AvgIpc) is 2.37. The number of nitrogens with two attached hydrogens (primary N) is 1. The average molecular weight is 271 g/mol. The third-order valence-corrected chi connectivity index (χ3v) is 3.89. The quantitative estimate of drug-likeness (QED) is 0.732. The Hall–Kier alpha value is -1.07. The van der Waals surface area contributed by atoms with Gasteiger partial charge in [-0.05, 0) is 43.2 Å². The zero-order valence-corrected chi connectivity index (χ0v) is 11.2. The van der Waals surface area contributed by atoms with E-state index >= 15 is 0 Å². The maximum atomic E-state index is 9.67. The second-order valence-corrected chi connectivity index (χ2v) is 5.53. The smallest absolute Gasteiger partial charge is 0.224 e. The summed E-state index contributed by atoms with van der Waals surface area (Å²) in [7, 11) is 0. The van der Waals surface area contributed by atoms with E-state index in [1.165, 1.54) is 6.20 Å². The van der Waals surface area contributed by atoms with Gasteiger partial charge in [0, 0.05) is 0 Å². The maximum absolute atomic E-state index is 9.67. The number of nitrogens with one attached hydrogen (secondary N) is 1. The van der Waals surface area contributed by atoms with Crippen LogP contribution in [0.15, 0.2) is 6.20 Å². The van der Waals surface area contributed by atoms with Gasteiger partial charge in [-0.25, -0.2) is 4.98 Å². The van der Waals surface area contributed by atoms with Gasteiger partial charge in [-0.1, -0.05) is 6.92 Å². The van der Waals surface area contributed by atoms with E-state index in [1.807, 2.05) is 0 Å². The van der Waals surface area contributed by atoms with Gasteiger partial charge in [0.1, 0.15) is 0 Å². The molecule has 1 aliphatic rings. The fourth-order valence-corrected chi connectivity index (χ4v) is 2.49. The molecule has 4 N–H and O–H groups in total. The highest BCUT2D eigenvalue weighted by Crippen LogP contribution is 2.35. The van der Waals surface area contributed by atoms with Crippen molar-refractivity contribution in [3.63, 3.8) is 0 Å². The summed E-state index contributed by atoms with van der Waals surface area (Å²) in [4.78, 5) is 7.91. The Morgan fingerprint density at radius 1 is 1.56 bits per heavy atom. The Bertz CT molecular complexity index is 419. The third-order valence-electron chi connectivity index (χ3n) is 3.71. The number of aromatic nitrogens is 2. The SMILES string of the molecule is CC1CCC(CO)(Nc2nc(Cl)ncc2N)CC1. The molecule has 1 fully saturated rings. The Balaban J connectivity index is 2.17. The van der Waals surface area contributed by atoms with Crippen LogP contribution in [0.1, 0.15) is 32.6 Å². The lowest BCUT2D eigenvalue weighted by Crippen LogP contribution is -2.45. The summed E-state index contributed by atoms with van der Waals surface area (Å²) in [5, 5.41) is 13.1. The number of halogens is 1. The highest BCUT2D eigenvalue weighted by Gasteiger charge is 2.34. The first-order valence-corrected chi connectivity index (χ1v) is 6.59. The van der Waals surface area contributed by atoms with Crippen LogP contribution >= 0.6 is 11.6 Å². The van der Waals surface area contributed by atoms with Gasteiger partial charge in [0.25, 0.3) is 0 Å². The molecule has 0 amide bonds. The van der Waals surface area contributed by atoms with Crippen molar-refractivity contribution in [3.8, 4) is 0 Å². The minimum absolute atomic E-state index is 0.0702. The molecule has 0 atom stereocenters. The molecule has 5 nitrogen and oxygen atoms in total. The molecular formula is C12H19ClN4O. The molecular weight excluding hydrogens is 252 g/mol. The number of nitrogen functional groups attached to an aromatic ring is 1. The summed E-state index contributed by atoms with van der Waals surface area (Å²) in [6.45, 7) is 2.30. The Kier molecular flexibility index (Phi) is 3.92. The number of nitrogens with zero attached hydrogens (tertiary/aromatic N) is 2. The fraction of sp³-hybridized carbons (Fsp3) is 0.667. The lowest BCUT2D eigenvalue weighted by atomic mass is 9.77. The number of hydrogen-bond donors (Lipinski definition) is 3. The molecule has 0 spiro atoms. The van der Waals surface area contributed by atoms with Crippen LogP contribution in [-0.4, -0.2) is 27.2 Å². The summed E-state index contributed by atoms with van der Waals surface area (Å²) < 4.78 is 0. The topological polar surface area (TPSA) is 84.1 Å². The molecule has 1 aromatic heterocycles.